The van der Waals surface area contributed by atoms with Crippen molar-refractivity contribution in [2.45, 2.75) is 56.2 Å². The number of rotatable bonds is 18. The SMILES string of the molecule is COc1ccc(C(Nc2ncnn3c([C@@H]4O[C@H](COCc5ccccc5)[C@@H](OCc5ccccc5)[C@@]4(C)OCc4ccccc4)cc(C(=O)O)c23)(c2ccccc2)c2ccccc2)cc1. The maximum absolute atomic E-state index is 13.6. The number of nitrogens with zero attached hydrogens (tertiary/aromatic N) is 3. The van der Waals surface area contributed by atoms with Crippen LogP contribution in [0.3, 0.4) is 0 Å². The zero-order valence-corrected chi connectivity index (χ0v) is 36.2. The van der Waals surface area contributed by atoms with Gasteiger partial charge in [0, 0.05) is 0 Å². The van der Waals surface area contributed by atoms with E-state index in [-0.39, 0.29) is 36.7 Å². The van der Waals surface area contributed by atoms with Gasteiger partial charge in [0.2, 0.25) is 0 Å². The molecule has 0 spiro atoms. The molecule has 1 saturated heterocycles. The molecular weight excluding hydrogens is 817 g/mol. The molecule has 1 fully saturated rings. The largest absolute Gasteiger partial charge is 0.497 e. The summed E-state index contributed by atoms with van der Waals surface area (Å²) in [5, 5.41) is 19.6. The van der Waals surface area contributed by atoms with Gasteiger partial charge in [0.15, 0.2) is 5.82 Å². The van der Waals surface area contributed by atoms with Gasteiger partial charge in [-0.25, -0.2) is 14.3 Å². The van der Waals surface area contributed by atoms with E-state index in [4.69, 9.17) is 33.8 Å². The van der Waals surface area contributed by atoms with E-state index in [0.717, 1.165) is 33.4 Å². The van der Waals surface area contributed by atoms with E-state index in [2.05, 4.69) is 5.32 Å². The summed E-state index contributed by atoms with van der Waals surface area (Å²) in [6.45, 7) is 3.00. The highest BCUT2D eigenvalue weighted by Gasteiger charge is 2.57. The molecule has 65 heavy (non-hydrogen) atoms. The minimum Gasteiger partial charge on any atom is -0.497 e. The third-order valence-corrected chi connectivity index (χ3v) is 12.1. The van der Waals surface area contributed by atoms with Crippen LogP contribution >= 0.6 is 0 Å². The highest BCUT2D eigenvalue weighted by Crippen LogP contribution is 2.48. The number of carbonyl (C=O) groups is 1. The van der Waals surface area contributed by atoms with Gasteiger partial charge in [0.1, 0.15) is 47.0 Å². The van der Waals surface area contributed by atoms with Gasteiger partial charge in [0.25, 0.3) is 0 Å². The van der Waals surface area contributed by atoms with Gasteiger partial charge in [-0.3, -0.25) is 0 Å². The van der Waals surface area contributed by atoms with Crippen molar-refractivity contribution in [2.75, 3.05) is 19.0 Å². The minimum atomic E-state index is -1.20. The fourth-order valence-corrected chi connectivity index (χ4v) is 8.88. The van der Waals surface area contributed by atoms with Crippen LogP contribution in [0.15, 0.2) is 188 Å². The third-order valence-electron chi connectivity index (χ3n) is 12.1. The Morgan fingerprint density at radius 3 is 1.80 bits per heavy atom. The predicted molar refractivity (Wildman–Crippen MR) is 248 cm³/mol. The van der Waals surface area contributed by atoms with Crippen molar-refractivity contribution >= 4 is 17.3 Å². The quantitative estimate of drug-likeness (QED) is 0.0806. The molecule has 2 aromatic heterocycles. The van der Waals surface area contributed by atoms with Crippen LogP contribution in [-0.2, 0) is 44.3 Å². The number of aromatic carboxylic acids is 1. The van der Waals surface area contributed by atoms with Crippen molar-refractivity contribution in [1.29, 1.82) is 0 Å². The number of benzene rings is 6. The summed E-state index contributed by atoms with van der Waals surface area (Å²) < 4.78 is 34.5. The Morgan fingerprint density at radius 2 is 1.25 bits per heavy atom. The standard InChI is InChI=1S/C54H50N4O7/c1-53(64-35-40-22-12-5-13-23-40)49(65-47(36-62-33-38-18-8-3-9-19-38)50(53)63-34-39-20-10-4-11-21-39)46-32-45(52(59)60)48-51(55-37-56-58(46)48)57-54(41-24-14-6-15-25-41,42-26-16-7-17-27-42)43-28-30-44(61-2)31-29-43/h3-32,37,47,49-50H,33-36H2,1-2H3,(H,59,60)(H,55,56,57)/t47-,49+,50-,53+/m1/s1. The summed E-state index contributed by atoms with van der Waals surface area (Å²) >= 11 is 0. The second kappa shape index (κ2) is 19.3. The fraction of sp³-hybridized carbons (Fsp3) is 0.204. The van der Waals surface area contributed by atoms with Crippen molar-refractivity contribution in [1.82, 2.24) is 14.6 Å². The second-order valence-corrected chi connectivity index (χ2v) is 16.2. The predicted octanol–water partition coefficient (Wildman–Crippen LogP) is 10.1. The lowest BCUT2D eigenvalue weighted by Gasteiger charge is -2.37. The first-order chi connectivity index (χ1) is 31.9. The van der Waals surface area contributed by atoms with Gasteiger partial charge in [-0.2, -0.15) is 5.10 Å². The van der Waals surface area contributed by atoms with Gasteiger partial charge in [-0.15, -0.1) is 0 Å². The third kappa shape index (κ3) is 8.87. The van der Waals surface area contributed by atoms with E-state index in [1.54, 1.807) is 17.7 Å². The molecule has 2 N–H and O–H groups in total. The molecule has 1 aliphatic heterocycles. The van der Waals surface area contributed by atoms with Gasteiger partial charge >= 0.3 is 5.97 Å². The summed E-state index contributed by atoms with van der Waals surface area (Å²) in [4.78, 5) is 18.4. The summed E-state index contributed by atoms with van der Waals surface area (Å²) in [7, 11) is 1.63. The Morgan fingerprint density at radius 1 is 0.723 bits per heavy atom. The summed E-state index contributed by atoms with van der Waals surface area (Å²) in [5.74, 6) is -0.177. The lowest BCUT2D eigenvalue weighted by molar-refractivity contribution is -0.148. The number of methoxy groups -OCH3 is 1. The second-order valence-electron chi connectivity index (χ2n) is 16.2. The minimum absolute atomic E-state index is 0.0209. The van der Waals surface area contributed by atoms with E-state index >= 15 is 0 Å². The number of nitrogens with one attached hydrogen (secondary N) is 1. The van der Waals surface area contributed by atoms with E-state index in [1.165, 1.54) is 6.33 Å². The number of fused-ring (bicyclic) bond motifs is 1. The van der Waals surface area contributed by atoms with Crippen LogP contribution in [0, 0.1) is 0 Å². The molecule has 0 bridgehead atoms. The van der Waals surface area contributed by atoms with Crippen molar-refractivity contribution < 1.29 is 33.6 Å². The monoisotopic (exact) mass is 866 g/mol. The Hall–Kier alpha value is -7.15. The van der Waals surface area contributed by atoms with E-state index in [0.29, 0.717) is 18.1 Å². The zero-order chi connectivity index (χ0) is 44.6. The number of anilines is 1. The molecule has 0 saturated carbocycles. The van der Waals surface area contributed by atoms with Crippen molar-refractivity contribution in [2.24, 2.45) is 0 Å². The van der Waals surface area contributed by atoms with E-state index in [9.17, 15) is 9.90 Å². The van der Waals surface area contributed by atoms with Crippen LogP contribution in [0.4, 0.5) is 5.82 Å². The molecule has 0 aliphatic carbocycles. The average molecular weight is 867 g/mol. The summed E-state index contributed by atoms with van der Waals surface area (Å²) in [6, 6.07) is 59.3. The van der Waals surface area contributed by atoms with Crippen LogP contribution in [0.5, 0.6) is 5.75 Å². The molecule has 8 aromatic rings. The van der Waals surface area contributed by atoms with Gasteiger partial charge in [0.05, 0.1) is 44.8 Å². The average Bonchev–Trinajstić information content (AvgIpc) is 3.88. The molecule has 0 radical (unpaired) electrons. The molecule has 9 rings (SSSR count). The fourth-order valence-electron chi connectivity index (χ4n) is 8.88. The lowest BCUT2D eigenvalue weighted by atomic mass is 9.77. The number of carboxylic acids is 1. The molecule has 328 valence electrons. The van der Waals surface area contributed by atoms with Crippen LogP contribution in [0.1, 0.15) is 62.5 Å². The Balaban J connectivity index is 1.18. The van der Waals surface area contributed by atoms with Gasteiger partial charge < -0.3 is 34.1 Å². The molecule has 0 unspecified atom stereocenters. The molecule has 11 heteroatoms. The highest BCUT2D eigenvalue weighted by molar-refractivity contribution is 6.00. The molecular formula is C54H50N4O7. The first-order valence-electron chi connectivity index (χ1n) is 21.6. The van der Waals surface area contributed by atoms with Crippen LogP contribution in [0.2, 0.25) is 0 Å². The normalized spacial score (nSPS) is 18.4. The number of aromatic nitrogens is 3. The van der Waals surface area contributed by atoms with E-state index in [1.807, 2.05) is 183 Å². The first kappa shape index (κ1) is 43.1. The lowest BCUT2D eigenvalue weighted by Crippen LogP contribution is -2.47. The number of ether oxygens (including phenoxy) is 5. The molecule has 0 amide bonds. The van der Waals surface area contributed by atoms with Crippen LogP contribution in [0.25, 0.3) is 5.52 Å². The van der Waals surface area contributed by atoms with Gasteiger partial charge in [-0.05, 0) is 58.5 Å². The number of hydrogen-bond acceptors (Lipinski definition) is 9. The summed E-state index contributed by atoms with van der Waals surface area (Å²) in [5.41, 5.74) is 4.02. The number of carboxylic acid groups (broad SMARTS) is 1. The molecule has 4 atom stereocenters. The Bertz CT molecular complexity index is 2750. The van der Waals surface area contributed by atoms with E-state index < -0.39 is 35.4 Å². The molecule has 11 nitrogen and oxygen atoms in total. The van der Waals surface area contributed by atoms with Crippen molar-refractivity contribution in [3.05, 3.63) is 233 Å². The Kier molecular flexibility index (Phi) is 12.8. The topological polar surface area (TPSA) is 126 Å². The maximum Gasteiger partial charge on any atom is 0.338 e. The first-order valence-corrected chi connectivity index (χ1v) is 21.6. The Labute approximate surface area is 378 Å². The van der Waals surface area contributed by atoms with Crippen molar-refractivity contribution in [3.63, 3.8) is 0 Å². The smallest absolute Gasteiger partial charge is 0.338 e. The van der Waals surface area contributed by atoms with Crippen LogP contribution in [-0.4, -0.2) is 57.2 Å². The summed E-state index contributed by atoms with van der Waals surface area (Å²) in [6.07, 6.45) is -0.773. The zero-order valence-electron chi connectivity index (χ0n) is 36.2. The highest BCUT2D eigenvalue weighted by atomic mass is 16.6. The molecule has 6 aromatic carbocycles. The molecule has 3 heterocycles. The van der Waals surface area contributed by atoms with Crippen molar-refractivity contribution in [3.8, 4) is 5.75 Å². The van der Waals surface area contributed by atoms with Gasteiger partial charge in [-0.1, -0.05) is 164 Å². The number of hydrogen-bond donors (Lipinski definition) is 2. The maximum atomic E-state index is 13.6. The van der Waals surface area contributed by atoms with Crippen LogP contribution < -0.4 is 10.1 Å². The molecule has 1 aliphatic rings.